The van der Waals surface area contributed by atoms with Crippen LogP contribution in [0.5, 0.6) is 0 Å². The Labute approximate surface area is 55.9 Å². The molecule has 0 aromatic carbocycles. The van der Waals surface area contributed by atoms with E-state index in [9.17, 15) is 0 Å². The number of rotatable bonds is 0. The highest BCUT2D eigenvalue weighted by atomic mass is 14.8. The molecule has 6 radical (unpaired) electrons. The summed E-state index contributed by atoms with van der Waals surface area (Å²) in [5.41, 5.74) is 0.0694. The van der Waals surface area contributed by atoms with E-state index < -0.39 is 0 Å². The van der Waals surface area contributed by atoms with Gasteiger partial charge in [0.05, 0.1) is 0 Å². The highest BCUT2D eigenvalue weighted by Gasteiger charge is 2.01. The van der Waals surface area contributed by atoms with Gasteiger partial charge in [0.15, 0.2) is 7.98 Å². The summed E-state index contributed by atoms with van der Waals surface area (Å²) in [5.74, 6) is 0. The minimum absolute atomic E-state index is 0.0694. The quantitative estimate of drug-likeness (QED) is 0.416. The first-order valence-electron chi connectivity index (χ1n) is 2.37. The Morgan fingerprint density at radius 1 is 1.12 bits per heavy atom. The molecule has 0 amide bonds. The summed E-state index contributed by atoms with van der Waals surface area (Å²) in [6.07, 6.45) is 0. The zero-order chi connectivity index (χ0) is 7.21. The molecule has 0 heterocycles. The lowest BCUT2D eigenvalue weighted by atomic mass is 9.81. The number of hydrogen-bond donors (Lipinski definition) is 1. The Hall–Kier alpha value is 0.155. The maximum atomic E-state index is 5.06. The first kappa shape index (κ1) is 11.0. The van der Waals surface area contributed by atoms with Crippen molar-refractivity contribution in [2.24, 2.45) is 0 Å². The Balaban J connectivity index is 0. The molecule has 8 heavy (non-hydrogen) atoms. The van der Waals surface area contributed by atoms with Crippen LogP contribution in [0.25, 0.3) is 0 Å². The third-order valence-electron chi connectivity index (χ3n) is 0.433. The average Bonchev–Trinajstić information content (AvgIpc) is 1.71. The Kier molecular flexibility index (Phi) is 7.29. The highest BCUT2D eigenvalue weighted by molar-refractivity contribution is 6.75. The van der Waals surface area contributed by atoms with E-state index in [1.165, 1.54) is 0 Å². The molecule has 0 aliphatic carbocycles. The first-order valence-corrected chi connectivity index (χ1v) is 2.37. The van der Waals surface area contributed by atoms with Gasteiger partial charge in [0, 0.05) is 15.5 Å². The van der Waals surface area contributed by atoms with Crippen LogP contribution in [0.2, 0.25) is 0 Å². The lowest BCUT2D eigenvalue weighted by Crippen LogP contribution is -2.33. The zero-order valence-electron chi connectivity index (χ0n) is 5.73. The van der Waals surface area contributed by atoms with Crippen molar-refractivity contribution in [3.05, 3.63) is 0 Å². The third kappa shape index (κ3) is 16.4. The van der Waals surface area contributed by atoms with E-state index in [2.05, 4.69) is 20.7 Å². The smallest absolute Gasteiger partial charge is 0.178 e. The molecule has 0 rings (SSSR count). The highest BCUT2D eigenvalue weighted by Crippen LogP contribution is 1.93. The van der Waals surface area contributed by atoms with Gasteiger partial charge >= 0.3 is 0 Å². The molecular formula is C4H10B3N. The maximum Gasteiger partial charge on any atom is 0.178 e. The molecule has 0 fully saturated rings. The van der Waals surface area contributed by atoms with Crippen LogP contribution in [0.1, 0.15) is 20.8 Å². The van der Waals surface area contributed by atoms with E-state index in [1.807, 2.05) is 20.8 Å². The predicted octanol–water partition coefficient (Wildman–Crippen LogP) is -0.304. The van der Waals surface area contributed by atoms with Crippen LogP contribution in [0.4, 0.5) is 0 Å². The fraction of sp³-hybridized carbons (Fsp3) is 1.00. The molecule has 0 aromatic heterocycles. The number of nitrogens with one attached hydrogen (secondary N) is 1. The minimum Gasteiger partial charge on any atom is -0.362 e. The monoisotopic (exact) mass is 105 g/mol. The predicted molar refractivity (Wildman–Crippen MR) is 40.2 cm³/mol. The van der Waals surface area contributed by atoms with Gasteiger partial charge in [-0.25, -0.2) is 0 Å². The van der Waals surface area contributed by atoms with Crippen LogP contribution in [-0.2, 0) is 0 Å². The van der Waals surface area contributed by atoms with Gasteiger partial charge in [-0.1, -0.05) is 0 Å². The second-order valence-electron chi connectivity index (χ2n) is 2.39. The van der Waals surface area contributed by atoms with E-state index in [4.69, 9.17) is 7.98 Å². The molecule has 0 atom stereocenters. The van der Waals surface area contributed by atoms with Crippen molar-refractivity contribution in [1.82, 2.24) is 5.23 Å². The fourth-order valence-corrected chi connectivity index (χ4v) is 0. The maximum absolute atomic E-state index is 5.06. The second kappa shape index (κ2) is 5.29. The topological polar surface area (TPSA) is 12.0 Å². The molecule has 0 spiro atoms. The summed E-state index contributed by atoms with van der Waals surface area (Å²) in [6.45, 7) is 6.02. The van der Waals surface area contributed by atoms with Crippen LogP contribution in [0.15, 0.2) is 0 Å². The third-order valence-corrected chi connectivity index (χ3v) is 0.433. The van der Waals surface area contributed by atoms with Crippen LogP contribution in [-0.4, -0.2) is 29.0 Å². The second-order valence-corrected chi connectivity index (χ2v) is 2.39. The van der Waals surface area contributed by atoms with Crippen LogP contribution in [0.3, 0.4) is 0 Å². The normalized spacial score (nSPS) is 9.38. The largest absolute Gasteiger partial charge is 0.362 e. The van der Waals surface area contributed by atoms with Gasteiger partial charge in [-0.05, 0) is 26.3 Å². The molecule has 0 unspecified atom stereocenters. The lowest BCUT2D eigenvalue weighted by Gasteiger charge is -2.16. The number of hydrogen-bond acceptors (Lipinski definition) is 1. The Bertz CT molecular complexity index is 41.0. The standard InChI is InChI=1S/C4H10BN.B2/c1-4(2,3)6-5;1-2/h6H,1-3H3;. The molecular weight excluding hydrogens is 94.5 g/mol. The Morgan fingerprint density at radius 2 is 1.25 bits per heavy atom. The Morgan fingerprint density at radius 3 is 1.25 bits per heavy atom. The minimum atomic E-state index is 0.0694. The summed E-state index contributed by atoms with van der Waals surface area (Å²) in [5, 5.41) is 2.60. The van der Waals surface area contributed by atoms with Crippen LogP contribution in [0, 0.1) is 0 Å². The molecule has 0 aliphatic heterocycles. The van der Waals surface area contributed by atoms with Gasteiger partial charge in [0.1, 0.15) is 0 Å². The van der Waals surface area contributed by atoms with E-state index in [0.717, 1.165) is 0 Å². The van der Waals surface area contributed by atoms with E-state index >= 15 is 0 Å². The lowest BCUT2D eigenvalue weighted by molar-refractivity contribution is 0.528. The van der Waals surface area contributed by atoms with E-state index in [1.54, 1.807) is 0 Å². The van der Waals surface area contributed by atoms with Gasteiger partial charge in [-0.15, -0.1) is 0 Å². The SMILES string of the molecule is [B]NC(C)(C)C.[B][B]. The summed E-state index contributed by atoms with van der Waals surface area (Å²) in [6, 6.07) is 0. The summed E-state index contributed by atoms with van der Waals surface area (Å²) in [7, 11) is 13.1. The molecule has 0 saturated heterocycles. The zero-order valence-corrected chi connectivity index (χ0v) is 5.73. The fourth-order valence-electron chi connectivity index (χ4n) is 0. The van der Waals surface area contributed by atoms with Gasteiger partial charge in [-0.3, -0.25) is 0 Å². The van der Waals surface area contributed by atoms with Crippen molar-refractivity contribution in [1.29, 1.82) is 0 Å². The molecule has 0 aromatic rings. The average molecular weight is 105 g/mol. The summed E-state index contributed by atoms with van der Waals surface area (Å²) in [4.78, 5) is 0. The molecule has 1 N–H and O–H groups in total. The first-order chi connectivity index (χ1) is 3.56. The molecule has 0 bridgehead atoms. The van der Waals surface area contributed by atoms with Crippen LogP contribution >= 0.6 is 0 Å². The summed E-state index contributed by atoms with van der Waals surface area (Å²) >= 11 is 0. The van der Waals surface area contributed by atoms with Crippen molar-refractivity contribution in [3.63, 3.8) is 0 Å². The van der Waals surface area contributed by atoms with Crippen molar-refractivity contribution >= 4 is 23.5 Å². The van der Waals surface area contributed by atoms with Gasteiger partial charge in [0.2, 0.25) is 0 Å². The molecule has 40 valence electrons. The van der Waals surface area contributed by atoms with Crippen molar-refractivity contribution in [3.8, 4) is 0 Å². The van der Waals surface area contributed by atoms with Gasteiger partial charge in [-0.2, -0.15) is 0 Å². The molecule has 4 heteroatoms. The molecule has 1 nitrogen and oxygen atoms in total. The van der Waals surface area contributed by atoms with Gasteiger partial charge < -0.3 is 5.23 Å². The summed E-state index contributed by atoms with van der Waals surface area (Å²) < 4.78 is 0. The molecule has 0 aliphatic rings. The van der Waals surface area contributed by atoms with Crippen molar-refractivity contribution in [2.45, 2.75) is 26.3 Å². The van der Waals surface area contributed by atoms with E-state index in [-0.39, 0.29) is 5.54 Å². The van der Waals surface area contributed by atoms with E-state index in [0.29, 0.717) is 0 Å². The van der Waals surface area contributed by atoms with Crippen molar-refractivity contribution in [2.75, 3.05) is 0 Å². The van der Waals surface area contributed by atoms with Crippen molar-refractivity contribution < 1.29 is 0 Å². The van der Waals surface area contributed by atoms with Crippen LogP contribution < -0.4 is 5.23 Å². The molecule has 0 saturated carbocycles. The van der Waals surface area contributed by atoms with Gasteiger partial charge in [0.25, 0.3) is 0 Å².